The number of halogens is 1. The van der Waals surface area contributed by atoms with Gasteiger partial charge in [-0.15, -0.1) is 6.58 Å². The molecule has 2 aromatic carbocycles. The molecule has 0 aliphatic carbocycles. The molecule has 2 aromatic rings. The minimum atomic E-state index is -3.93. The standard InChI is InChI=1S/C24H28ClN5O3S/c1-3-11-27-24(31)29-12-10-17-13-18(8-9-21(17)29)22(4-2)34(32,33)30-15-20(28-23(30)26)16-6-5-7-19(25)14-16/h4-9,13-14,20,22H,2-3,10-12,15H2,1H3,(H2,26,28)(H,27,31). The van der Waals surface area contributed by atoms with Gasteiger partial charge in [-0.2, -0.15) is 0 Å². The predicted octanol–water partition coefficient (Wildman–Crippen LogP) is 3.75. The van der Waals surface area contributed by atoms with E-state index in [1.165, 1.54) is 6.08 Å². The highest BCUT2D eigenvalue weighted by molar-refractivity contribution is 7.90. The zero-order chi connectivity index (χ0) is 24.5. The fourth-order valence-electron chi connectivity index (χ4n) is 4.35. The average molecular weight is 502 g/mol. The SMILES string of the molecule is C=CC(c1ccc2c(c1)CCN2C(=O)NCCC)S(=O)(=O)N1CC(c2cccc(Cl)c2)N=C1N. The number of benzene rings is 2. The summed E-state index contributed by atoms with van der Waals surface area (Å²) in [6.07, 6.45) is 2.90. The number of nitrogens with two attached hydrogens (primary N) is 1. The molecule has 2 unspecified atom stereocenters. The third-order valence-electron chi connectivity index (χ3n) is 6.06. The smallest absolute Gasteiger partial charge is 0.321 e. The van der Waals surface area contributed by atoms with Crippen LogP contribution < -0.4 is 16.0 Å². The number of carbonyl (C=O) groups excluding carboxylic acids is 1. The van der Waals surface area contributed by atoms with E-state index in [2.05, 4.69) is 16.9 Å². The van der Waals surface area contributed by atoms with Crippen LogP contribution in [-0.4, -0.2) is 44.3 Å². The average Bonchev–Trinajstić information content (AvgIpc) is 3.41. The van der Waals surface area contributed by atoms with Crippen LogP contribution in [-0.2, 0) is 16.4 Å². The molecule has 34 heavy (non-hydrogen) atoms. The summed E-state index contributed by atoms with van der Waals surface area (Å²) in [5, 5.41) is 2.43. The number of nitrogens with one attached hydrogen (secondary N) is 1. The first-order chi connectivity index (χ1) is 16.3. The second kappa shape index (κ2) is 9.68. The maximum atomic E-state index is 13.6. The highest BCUT2D eigenvalue weighted by atomic mass is 35.5. The summed E-state index contributed by atoms with van der Waals surface area (Å²) >= 11 is 6.09. The van der Waals surface area contributed by atoms with Gasteiger partial charge in [0.15, 0.2) is 0 Å². The Labute approximate surface area is 205 Å². The first kappa shape index (κ1) is 24.1. The minimum Gasteiger partial charge on any atom is -0.369 e. The van der Waals surface area contributed by atoms with Crippen LogP contribution in [0, 0.1) is 0 Å². The molecule has 2 aliphatic rings. The van der Waals surface area contributed by atoms with E-state index in [4.69, 9.17) is 17.3 Å². The number of rotatable bonds is 7. The quantitative estimate of drug-likeness (QED) is 0.563. The molecule has 180 valence electrons. The molecule has 0 saturated carbocycles. The van der Waals surface area contributed by atoms with Crippen molar-refractivity contribution in [2.45, 2.75) is 31.1 Å². The Morgan fingerprint density at radius 2 is 2.15 bits per heavy atom. The molecule has 0 radical (unpaired) electrons. The van der Waals surface area contributed by atoms with Crippen molar-refractivity contribution in [1.82, 2.24) is 9.62 Å². The molecule has 0 bridgehead atoms. The number of hydrogen-bond donors (Lipinski definition) is 2. The summed E-state index contributed by atoms with van der Waals surface area (Å²) in [5.41, 5.74) is 9.14. The molecular formula is C24H28ClN5O3S. The number of aliphatic imine (C=N–C) groups is 1. The number of anilines is 1. The maximum absolute atomic E-state index is 13.6. The van der Waals surface area contributed by atoms with Gasteiger partial charge >= 0.3 is 6.03 Å². The van der Waals surface area contributed by atoms with Crippen molar-refractivity contribution in [1.29, 1.82) is 0 Å². The molecule has 0 saturated heterocycles. The monoisotopic (exact) mass is 501 g/mol. The second-order valence-electron chi connectivity index (χ2n) is 8.31. The Morgan fingerprint density at radius 1 is 1.35 bits per heavy atom. The third-order valence-corrected chi connectivity index (χ3v) is 8.35. The van der Waals surface area contributed by atoms with Crippen molar-refractivity contribution in [3.63, 3.8) is 0 Å². The molecule has 4 rings (SSSR count). The van der Waals surface area contributed by atoms with Crippen molar-refractivity contribution in [2.24, 2.45) is 10.7 Å². The number of nitrogens with zero attached hydrogens (tertiary/aromatic N) is 3. The van der Waals surface area contributed by atoms with Crippen LogP contribution in [0.5, 0.6) is 0 Å². The molecule has 0 fully saturated rings. The van der Waals surface area contributed by atoms with Crippen LogP contribution >= 0.6 is 11.6 Å². The van der Waals surface area contributed by atoms with E-state index < -0.39 is 21.3 Å². The van der Waals surface area contributed by atoms with Crippen LogP contribution in [0.15, 0.2) is 60.1 Å². The Kier molecular flexibility index (Phi) is 6.86. The molecule has 2 atom stereocenters. The van der Waals surface area contributed by atoms with Gasteiger partial charge in [-0.1, -0.05) is 48.9 Å². The van der Waals surface area contributed by atoms with Crippen molar-refractivity contribution in [3.8, 4) is 0 Å². The normalized spacial score (nSPS) is 18.4. The van der Waals surface area contributed by atoms with Crippen LogP contribution in [0.1, 0.15) is 41.3 Å². The summed E-state index contributed by atoms with van der Waals surface area (Å²) in [4.78, 5) is 18.5. The molecule has 8 nitrogen and oxygen atoms in total. The molecule has 3 N–H and O–H groups in total. The van der Waals surface area contributed by atoms with E-state index in [9.17, 15) is 13.2 Å². The van der Waals surface area contributed by atoms with E-state index >= 15 is 0 Å². The zero-order valence-corrected chi connectivity index (χ0v) is 20.5. The topological polar surface area (TPSA) is 108 Å². The molecule has 2 heterocycles. The van der Waals surface area contributed by atoms with Crippen molar-refractivity contribution in [3.05, 3.63) is 76.8 Å². The number of guanidine groups is 1. The van der Waals surface area contributed by atoms with Crippen molar-refractivity contribution in [2.75, 3.05) is 24.5 Å². The number of fused-ring (bicyclic) bond motifs is 1. The Bertz CT molecular complexity index is 1250. The number of carbonyl (C=O) groups is 1. The summed E-state index contributed by atoms with van der Waals surface area (Å²) in [6, 6.07) is 11.9. The number of amides is 2. The van der Waals surface area contributed by atoms with Gasteiger partial charge in [0.05, 0.1) is 12.6 Å². The van der Waals surface area contributed by atoms with Crippen LogP contribution in [0.4, 0.5) is 10.5 Å². The zero-order valence-electron chi connectivity index (χ0n) is 18.9. The summed E-state index contributed by atoms with van der Waals surface area (Å²) in [6.45, 7) is 7.02. The van der Waals surface area contributed by atoms with Gasteiger partial charge in [-0.25, -0.2) is 22.5 Å². The summed E-state index contributed by atoms with van der Waals surface area (Å²) in [7, 11) is -3.93. The molecular weight excluding hydrogens is 474 g/mol. The first-order valence-electron chi connectivity index (χ1n) is 11.2. The molecule has 0 spiro atoms. The first-order valence-corrected chi connectivity index (χ1v) is 13.1. The molecule has 10 heteroatoms. The third kappa shape index (κ3) is 4.50. The van der Waals surface area contributed by atoms with Gasteiger partial charge < -0.3 is 11.1 Å². The lowest BCUT2D eigenvalue weighted by Gasteiger charge is -2.24. The van der Waals surface area contributed by atoms with Gasteiger partial charge in [0.25, 0.3) is 0 Å². The largest absolute Gasteiger partial charge is 0.369 e. The van der Waals surface area contributed by atoms with E-state index in [0.717, 1.165) is 27.5 Å². The molecule has 0 aromatic heterocycles. The van der Waals surface area contributed by atoms with Crippen molar-refractivity contribution >= 4 is 39.3 Å². The number of sulfonamides is 1. The number of urea groups is 1. The Balaban J connectivity index is 1.57. The molecule has 2 aliphatic heterocycles. The van der Waals surface area contributed by atoms with Gasteiger partial charge in [0.1, 0.15) is 5.25 Å². The van der Waals surface area contributed by atoms with Crippen LogP contribution in [0.3, 0.4) is 0 Å². The van der Waals surface area contributed by atoms with Gasteiger partial charge in [0.2, 0.25) is 16.0 Å². The highest BCUT2D eigenvalue weighted by Crippen LogP contribution is 2.36. The lowest BCUT2D eigenvalue weighted by molar-refractivity contribution is 0.247. The second-order valence-corrected chi connectivity index (χ2v) is 10.7. The van der Waals surface area contributed by atoms with E-state index in [-0.39, 0.29) is 18.5 Å². The van der Waals surface area contributed by atoms with E-state index in [0.29, 0.717) is 30.1 Å². The fourth-order valence-corrected chi connectivity index (χ4v) is 6.21. The fraction of sp³-hybridized carbons (Fsp3) is 0.333. The van der Waals surface area contributed by atoms with Crippen LogP contribution in [0.2, 0.25) is 5.02 Å². The van der Waals surface area contributed by atoms with Crippen molar-refractivity contribution < 1.29 is 13.2 Å². The minimum absolute atomic E-state index is 0.0586. The van der Waals surface area contributed by atoms with Gasteiger partial charge in [-0.05, 0) is 47.7 Å². The molecule has 2 amide bonds. The number of hydrogen-bond acceptors (Lipinski definition) is 5. The van der Waals surface area contributed by atoms with Crippen LogP contribution in [0.25, 0.3) is 0 Å². The summed E-state index contributed by atoms with van der Waals surface area (Å²) in [5.74, 6) is -0.0586. The maximum Gasteiger partial charge on any atom is 0.321 e. The lowest BCUT2D eigenvalue weighted by atomic mass is 10.1. The summed E-state index contributed by atoms with van der Waals surface area (Å²) < 4.78 is 28.3. The highest BCUT2D eigenvalue weighted by Gasteiger charge is 2.39. The lowest BCUT2D eigenvalue weighted by Crippen LogP contribution is -2.41. The van der Waals surface area contributed by atoms with E-state index in [1.807, 2.05) is 19.1 Å². The predicted molar refractivity (Wildman–Crippen MR) is 136 cm³/mol. The Hall–Kier alpha value is -3.04. The Morgan fingerprint density at radius 3 is 2.85 bits per heavy atom. The van der Waals surface area contributed by atoms with Gasteiger partial charge in [-0.3, -0.25) is 4.90 Å². The van der Waals surface area contributed by atoms with Gasteiger partial charge in [0, 0.05) is 23.8 Å². The van der Waals surface area contributed by atoms with E-state index in [1.54, 1.807) is 35.2 Å².